The largest absolute Gasteiger partial charge is 0.506 e. The Morgan fingerprint density at radius 2 is 1.85 bits per heavy atom. The van der Waals surface area contributed by atoms with Gasteiger partial charge in [-0.1, -0.05) is 6.07 Å². The van der Waals surface area contributed by atoms with Crippen molar-refractivity contribution in [1.29, 1.82) is 0 Å². The average molecular weight is 351 g/mol. The van der Waals surface area contributed by atoms with Crippen LogP contribution in [0.5, 0.6) is 5.75 Å². The Kier molecular flexibility index (Phi) is 4.64. The fourth-order valence-corrected chi connectivity index (χ4v) is 3.46. The van der Waals surface area contributed by atoms with Gasteiger partial charge in [0.2, 0.25) is 0 Å². The van der Waals surface area contributed by atoms with Gasteiger partial charge < -0.3 is 21.5 Å². The van der Waals surface area contributed by atoms with Gasteiger partial charge in [0, 0.05) is 19.3 Å². The lowest BCUT2D eigenvalue weighted by Crippen LogP contribution is -2.32. The molecule has 1 aliphatic heterocycles. The first-order valence-corrected chi connectivity index (χ1v) is 8.70. The van der Waals surface area contributed by atoms with Crippen molar-refractivity contribution in [3.8, 4) is 5.75 Å². The Morgan fingerprint density at radius 3 is 2.54 bits per heavy atom. The molecule has 0 aliphatic carbocycles. The molecule has 0 aromatic heterocycles. The van der Waals surface area contributed by atoms with Crippen LogP contribution in [0.15, 0.2) is 24.4 Å². The molecular formula is C21H25N3O2. The summed E-state index contributed by atoms with van der Waals surface area (Å²) in [5.41, 5.74) is 14.6. The van der Waals surface area contributed by atoms with Crippen molar-refractivity contribution < 1.29 is 9.90 Å². The number of anilines is 1. The van der Waals surface area contributed by atoms with Crippen LogP contribution in [-0.4, -0.2) is 11.0 Å². The SMILES string of the molecule is Cc1c(C)c(C)c2c(c1C)CNC(=O)/C2=C\NCc1ccc(N)c(O)c1. The van der Waals surface area contributed by atoms with Gasteiger partial charge in [-0.2, -0.15) is 0 Å². The van der Waals surface area contributed by atoms with E-state index >= 15 is 0 Å². The zero-order chi connectivity index (χ0) is 19.0. The first-order valence-electron chi connectivity index (χ1n) is 8.70. The molecule has 0 bridgehead atoms. The van der Waals surface area contributed by atoms with Crippen LogP contribution >= 0.6 is 0 Å². The predicted octanol–water partition coefficient (Wildman–Crippen LogP) is 2.97. The molecule has 136 valence electrons. The highest BCUT2D eigenvalue weighted by molar-refractivity contribution is 6.21. The van der Waals surface area contributed by atoms with E-state index in [2.05, 4.69) is 38.3 Å². The molecule has 2 aromatic carbocycles. The standard InChI is InChI=1S/C21H25N3O2/c1-11-12(2)14(4)20-16(13(11)3)10-24-21(26)17(20)9-23-8-15-5-6-18(22)19(25)7-15/h5-7,9,23,25H,8,10,22H2,1-4H3,(H,24,26)/b17-9-. The maximum absolute atomic E-state index is 12.5. The lowest BCUT2D eigenvalue weighted by atomic mass is 9.83. The third kappa shape index (κ3) is 3.01. The molecule has 0 saturated carbocycles. The summed E-state index contributed by atoms with van der Waals surface area (Å²) in [5.74, 6) is -0.00816. The lowest BCUT2D eigenvalue weighted by Gasteiger charge is -2.26. The normalized spacial score (nSPS) is 14.9. The van der Waals surface area contributed by atoms with E-state index in [1.165, 1.54) is 22.3 Å². The number of carbonyl (C=O) groups is 1. The number of fused-ring (bicyclic) bond motifs is 1. The van der Waals surface area contributed by atoms with Gasteiger partial charge in [0.05, 0.1) is 11.3 Å². The number of carbonyl (C=O) groups excluding carboxylic acids is 1. The van der Waals surface area contributed by atoms with Crippen molar-refractivity contribution >= 4 is 17.2 Å². The van der Waals surface area contributed by atoms with Crippen molar-refractivity contribution in [2.24, 2.45) is 0 Å². The van der Waals surface area contributed by atoms with Crippen LogP contribution in [0.2, 0.25) is 0 Å². The number of nitrogens with one attached hydrogen (secondary N) is 2. The fraction of sp³-hybridized carbons (Fsp3) is 0.286. The fourth-order valence-electron chi connectivity index (χ4n) is 3.46. The Labute approximate surface area is 153 Å². The van der Waals surface area contributed by atoms with Crippen LogP contribution in [-0.2, 0) is 17.9 Å². The summed E-state index contributed by atoms with van der Waals surface area (Å²) >= 11 is 0. The molecule has 0 fully saturated rings. The van der Waals surface area contributed by atoms with E-state index in [9.17, 15) is 9.90 Å². The predicted molar refractivity (Wildman–Crippen MR) is 105 cm³/mol. The first kappa shape index (κ1) is 17.9. The topological polar surface area (TPSA) is 87.4 Å². The summed E-state index contributed by atoms with van der Waals surface area (Å²) in [6.45, 7) is 9.47. The lowest BCUT2D eigenvalue weighted by molar-refractivity contribution is -0.116. The van der Waals surface area contributed by atoms with Crippen molar-refractivity contribution in [2.75, 3.05) is 5.73 Å². The number of amides is 1. The second-order valence-corrected chi connectivity index (χ2v) is 6.87. The summed E-state index contributed by atoms with van der Waals surface area (Å²) in [6, 6.07) is 5.14. The molecule has 26 heavy (non-hydrogen) atoms. The van der Waals surface area contributed by atoms with E-state index in [0.717, 1.165) is 16.7 Å². The van der Waals surface area contributed by atoms with Crippen LogP contribution in [0.1, 0.15) is 38.9 Å². The summed E-state index contributed by atoms with van der Waals surface area (Å²) in [5, 5.41) is 15.9. The summed E-state index contributed by atoms with van der Waals surface area (Å²) in [6.07, 6.45) is 1.77. The highest BCUT2D eigenvalue weighted by Gasteiger charge is 2.26. The Hall–Kier alpha value is -2.95. The number of nitrogen functional groups attached to an aromatic ring is 1. The number of phenols is 1. The zero-order valence-corrected chi connectivity index (χ0v) is 15.7. The van der Waals surface area contributed by atoms with E-state index < -0.39 is 0 Å². The van der Waals surface area contributed by atoms with Crippen LogP contribution < -0.4 is 16.4 Å². The molecule has 2 aromatic rings. The van der Waals surface area contributed by atoms with E-state index in [0.29, 0.717) is 24.4 Å². The minimum atomic E-state index is -0.0732. The third-order valence-electron chi connectivity index (χ3n) is 5.40. The zero-order valence-electron chi connectivity index (χ0n) is 15.7. The smallest absolute Gasteiger partial charge is 0.253 e. The van der Waals surface area contributed by atoms with Crippen LogP contribution in [0.4, 0.5) is 5.69 Å². The van der Waals surface area contributed by atoms with Crippen molar-refractivity contribution in [1.82, 2.24) is 10.6 Å². The molecule has 0 unspecified atom stereocenters. The van der Waals surface area contributed by atoms with Gasteiger partial charge >= 0.3 is 0 Å². The molecule has 1 aliphatic rings. The summed E-state index contributed by atoms with van der Waals surface area (Å²) in [4.78, 5) is 12.5. The second kappa shape index (κ2) is 6.75. The molecule has 1 heterocycles. The molecule has 0 spiro atoms. The van der Waals surface area contributed by atoms with E-state index in [-0.39, 0.29) is 11.7 Å². The monoisotopic (exact) mass is 351 g/mol. The highest BCUT2D eigenvalue weighted by Crippen LogP contribution is 2.34. The van der Waals surface area contributed by atoms with Gasteiger partial charge in [-0.3, -0.25) is 4.79 Å². The van der Waals surface area contributed by atoms with Gasteiger partial charge in [-0.25, -0.2) is 0 Å². The van der Waals surface area contributed by atoms with Crippen LogP contribution in [0, 0.1) is 27.7 Å². The van der Waals surface area contributed by atoms with E-state index in [1.807, 2.05) is 6.07 Å². The number of aromatic hydroxyl groups is 1. The van der Waals surface area contributed by atoms with Crippen LogP contribution in [0.3, 0.4) is 0 Å². The molecular weight excluding hydrogens is 326 g/mol. The van der Waals surface area contributed by atoms with Crippen LogP contribution in [0.25, 0.3) is 5.57 Å². The van der Waals surface area contributed by atoms with Gasteiger partial charge in [-0.05, 0) is 78.8 Å². The number of nitrogens with two attached hydrogens (primary N) is 1. The molecule has 0 radical (unpaired) electrons. The molecule has 1 amide bonds. The molecule has 5 N–H and O–H groups in total. The van der Waals surface area contributed by atoms with E-state index in [4.69, 9.17) is 5.73 Å². The minimum absolute atomic E-state index is 0.0651. The Balaban J connectivity index is 1.94. The Morgan fingerprint density at radius 1 is 1.15 bits per heavy atom. The van der Waals surface area contributed by atoms with Crippen molar-refractivity contribution in [3.05, 3.63) is 63.3 Å². The quantitative estimate of drug-likeness (QED) is 0.389. The Bertz CT molecular complexity index is 930. The number of phenolic OH excluding ortho intramolecular Hbond substituents is 1. The average Bonchev–Trinajstić information content (AvgIpc) is 2.62. The molecule has 5 nitrogen and oxygen atoms in total. The molecule has 3 rings (SSSR count). The summed E-state index contributed by atoms with van der Waals surface area (Å²) < 4.78 is 0. The molecule has 0 saturated heterocycles. The number of hydrogen-bond donors (Lipinski definition) is 4. The van der Waals surface area contributed by atoms with E-state index in [1.54, 1.807) is 18.3 Å². The maximum Gasteiger partial charge on any atom is 0.253 e. The number of rotatable bonds is 3. The molecule has 0 atom stereocenters. The summed E-state index contributed by atoms with van der Waals surface area (Å²) in [7, 11) is 0. The van der Waals surface area contributed by atoms with Crippen molar-refractivity contribution in [2.45, 2.75) is 40.8 Å². The van der Waals surface area contributed by atoms with Gasteiger partial charge in [0.15, 0.2) is 0 Å². The van der Waals surface area contributed by atoms with Gasteiger partial charge in [0.25, 0.3) is 5.91 Å². The van der Waals surface area contributed by atoms with Gasteiger partial charge in [-0.15, -0.1) is 0 Å². The van der Waals surface area contributed by atoms with Crippen molar-refractivity contribution in [3.63, 3.8) is 0 Å². The minimum Gasteiger partial charge on any atom is -0.506 e. The van der Waals surface area contributed by atoms with Gasteiger partial charge in [0.1, 0.15) is 5.75 Å². The number of hydrogen-bond acceptors (Lipinski definition) is 4. The molecule has 5 heteroatoms. The maximum atomic E-state index is 12.5. The second-order valence-electron chi connectivity index (χ2n) is 6.87. The highest BCUT2D eigenvalue weighted by atomic mass is 16.3. The third-order valence-corrected chi connectivity index (χ3v) is 5.40. The number of benzene rings is 2. The first-order chi connectivity index (χ1) is 12.3.